The minimum atomic E-state index is -0.847. The van der Waals surface area contributed by atoms with Gasteiger partial charge in [0.2, 0.25) is 0 Å². The number of carbonyl (C=O) groups is 1. The second-order valence-corrected chi connectivity index (χ2v) is 3.34. The molecule has 1 aliphatic carbocycles. The largest absolute Gasteiger partial charge is 0.480 e. The molecule has 0 spiro atoms. The first-order valence-corrected chi connectivity index (χ1v) is 4.37. The SMILES string of the molecule is O=C(O)Cn1cnnc1C1CCC1. The molecule has 0 saturated heterocycles. The molecule has 0 aliphatic heterocycles. The number of hydrogen-bond donors (Lipinski definition) is 1. The molecule has 1 heterocycles. The van der Waals surface area contributed by atoms with Crippen molar-refractivity contribution in [2.24, 2.45) is 0 Å². The molecule has 1 saturated carbocycles. The van der Waals surface area contributed by atoms with Crippen molar-refractivity contribution in [1.29, 1.82) is 0 Å². The zero-order valence-electron chi connectivity index (χ0n) is 7.18. The molecule has 2 rings (SSSR count). The van der Waals surface area contributed by atoms with Gasteiger partial charge >= 0.3 is 5.97 Å². The molecule has 5 nitrogen and oxygen atoms in total. The maximum atomic E-state index is 10.5. The first-order chi connectivity index (χ1) is 6.27. The van der Waals surface area contributed by atoms with E-state index in [4.69, 9.17) is 5.11 Å². The number of aromatic nitrogens is 3. The normalized spacial score (nSPS) is 16.9. The number of aliphatic carboxylic acids is 1. The topological polar surface area (TPSA) is 68.0 Å². The van der Waals surface area contributed by atoms with Crippen molar-refractivity contribution in [3.05, 3.63) is 12.2 Å². The smallest absolute Gasteiger partial charge is 0.323 e. The lowest BCUT2D eigenvalue weighted by molar-refractivity contribution is -0.137. The molecular formula is C8H11N3O2. The van der Waals surface area contributed by atoms with E-state index in [0.29, 0.717) is 5.92 Å². The molecule has 0 atom stereocenters. The van der Waals surface area contributed by atoms with Crippen molar-refractivity contribution in [3.8, 4) is 0 Å². The van der Waals surface area contributed by atoms with Crippen molar-refractivity contribution in [1.82, 2.24) is 14.8 Å². The summed E-state index contributed by atoms with van der Waals surface area (Å²) in [6.07, 6.45) is 4.92. The van der Waals surface area contributed by atoms with Crippen molar-refractivity contribution in [2.75, 3.05) is 0 Å². The van der Waals surface area contributed by atoms with Gasteiger partial charge in [0.15, 0.2) is 0 Å². The Morgan fingerprint density at radius 3 is 3.00 bits per heavy atom. The van der Waals surface area contributed by atoms with Gasteiger partial charge in [0, 0.05) is 5.92 Å². The fraction of sp³-hybridized carbons (Fsp3) is 0.625. The van der Waals surface area contributed by atoms with Gasteiger partial charge in [-0.15, -0.1) is 10.2 Å². The molecule has 0 bridgehead atoms. The highest BCUT2D eigenvalue weighted by molar-refractivity contribution is 5.66. The lowest BCUT2D eigenvalue weighted by atomic mass is 9.85. The third-order valence-electron chi connectivity index (χ3n) is 2.42. The summed E-state index contributed by atoms with van der Waals surface area (Å²) in [6.45, 7) is -0.0289. The predicted molar refractivity (Wildman–Crippen MR) is 44.2 cm³/mol. The third kappa shape index (κ3) is 1.54. The van der Waals surface area contributed by atoms with Gasteiger partial charge in [-0.2, -0.15) is 0 Å². The van der Waals surface area contributed by atoms with Gasteiger partial charge in [0.1, 0.15) is 18.7 Å². The van der Waals surface area contributed by atoms with Gasteiger partial charge in [0.25, 0.3) is 0 Å². The van der Waals surface area contributed by atoms with Gasteiger partial charge in [-0.1, -0.05) is 6.42 Å². The van der Waals surface area contributed by atoms with Crippen LogP contribution in [0, 0.1) is 0 Å². The van der Waals surface area contributed by atoms with Crippen LogP contribution in [0.4, 0.5) is 0 Å². The Morgan fingerprint density at radius 2 is 2.46 bits per heavy atom. The number of rotatable bonds is 3. The van der Waals surface area contributed by atoms with E-state index >= 15 is 0 Å². The number of nitrogens with zero attached hydrogens (tertiary/aromatic N) is 3. The predicted octanol–water partition coefficient (Wildman–Crippen LogP) is 0.630. The van der Waals surface area contributed by atoms with Gasteiger partial charge in [-0.05, 0) is 12.8 Å². The lowest BCUT2D eigenvalue weighted by Gasteiger charge is -2.24. The van der Waals surface area contributed by atoms with Crippen LogP contribution in [-0.2, 0) is 11.3 Å². The summed E-state index contributed by atoms with van der Waals surface area (Å²) in [5.74, 6) is 0.413. The van der Waals surface area contributed by atoms with Crippen LogP contribution in [0.3, 0.4) is 0 Å². The number of carboxylic acid groups (broad SMARTS) is 1. The van der Waals surface area contributed by atoms with Gasteiger partial charge in [-0.3, -0.25) is 4.79 Å². The maximum Gasteiger partial charge on any atom is 0.323 e. The Balaban J connectivity index is 2.14. The van der Waals surface area contributed by atoms with Crippen molar-refractivity contribution in [3.63, 3.8) is 0 Å². The Labute approximate surface area is 75.4 Å². The second-order valence-electron chi connectivity index (χ2n) is 3.34. The molecule has 0 radical (unpaired) electrons. The minimum Gasteiger partial charge on any atom is -0.480 e. The van der Waals surface area contributed by atoms with Crippen LogP contribution >= 0.6 is 0 Å². The Morgan fingerprint density at radius 1 is 1.69 bits per heavy atom. The van der Waals surface area contributed by atoms with Crippen LogP contribution in [0.2, 0.25) is 0 Å². The average molecular weight is 181 g/mol. The average Bonchev–Trinajstić information content (AvgIpc) is 2.32. The first-order valence-electron chi connectivity index (χ1n) is 4.37. The van der Waals surface area contributed by atoms with Crippen molar-refractivity contribution >= 4 is 5.97 Å². The van der Waals surface area contributed by atoms with Crippen LogP contribution in [0.15, 0.2) is 6.33 Å². The number of carboxylic acids is 1. The van der Waals surface area contributed by atoms with Crippen LogP contribution < -0.4 is 0 Å². The molecule has 1 aliphatic rings. The van der Waals surface area contributed by atoms with E-state index in [1.165, 1.54) is 12.7 Å². The van der Waals surface area contributed by atoms with Crippen LogP contribution in [0.1, 0.15) is 31.0 Å². The van der Waals surface area contributed by atoms with E-state index in [2.05, 4.69) is 10.2 Å². The van der Waals surface area contributed by atoms with Gasteiger partial charge in [-0.25, -0.2) is 0 Å². The molecule has 70 valence electrons. The van der Waals surface area contributed by atoms with Crippen molar-refractivity contribution in [2.45, 2.75) is 31.7 Å². The fourth-order valence-electron chi connectivity index (χ4n) is 1.51. The highest BCUT2D eigenvalue weighted by Crippen LogP contribution is 2.34. The summed E-state index contributed by atoms with van der Waals surface area (Å²) in [7, 11) is 0. The van der Waals surface area contributed by atoms with Gasteiger partial charge in [0.05, 0.1) is 0 Å². The molecule has 5 heteroatoms. The molecule has 0 amide bonds. The third-order valence-corrected chi connectivity index (χ3v) is 2.42. The van der Waals surface area contributed by atoms with Gasteiger partial charge < -0.3 is 9.67 Å². The van der Waals surface area contributed by atoms with Crippen molar-refractivity contribution < 1.29 is 9.90 Å². The number of hydrogen-bond acceptors (Lipinski definition) is 3. The molecule has 0 unspecified atom stereocenters. The van der Waals surface area contributed by atoms with E-state index in [0.717, 1.165) is 18.7 Å². The quantitative estimate of drug-likeness (QED) is 0.742. The summed E-state index contributed by atoms with van der Waals surface area (Å²) >= 11 is 0. The highest BCUT2D eigenvalue weighted by Gasteiger charge is 2.24. The Kier molecular flexibility index (Phi) is 2.00. The molecule has 1 aromatic rings. The summed E-state index contributed by atoms with van der Waals surface area (Å²) in [5.41, 5.74) is 0. The fourth-order valence-corrected chi connectivity index (χ4v) is 1.51. The Hall–Kier alpha value is -1.39. The monoisotopic (exact) mass is 181 g/mol. The summed E-state index contributed by atoms with van der Waals surface area (Å²) in [4.78, 5) is 10.5. The zero-order valence-corrected chi connectivity index (χ0v) is 7.18. The molecule has 1 aromatic heterocycles. The molecule has 13 heavy (non-hydrogen) atoms. The standard InChI is InChI=1S/C8H11N3O2/c12-7(13)4-11-5-9-10-8(11)6-2-1-3-6/h5-6H,1-4H2,(H,12,13). The lowest BCUT2D eigenvalue weighted by Crippen LogP contribution is -2.18. The zero-order chi connectivity index (χ0) is 9.26. The van der Waals surface area contributed by atoms with Crippen LogP contribution in [0.5, 0.6) is 0 Å². The Bertz CT molecular complexity index is 317. The molecule has 1 N–H and O–H groups in total. The maximum absolute atomic E-state index is 10.5. The summed E-state index contributed by atoms with van der Waals surface area (Å²) in [5, 5.41) is 16.3. The van der Waals surface area contributed by atoms with E-state index in [1.54, 1.807) is 4.57 Å². The molecular weight excluding hydrogens is 170 g/mol. The van der Waals surface area contributed by atoms with Crippen LogP contribution in [0.25, 0.3) is 0 Å². The summed E-state index contributed by atoms with van der Waals surface area (Å²) < 4.78 is 1.62. The van der Waals surface area contributed by atoms with E-state index in [9.17, 15) is 4.79 Å². The van der Waals surface area contributed by atoms with E-state index in [-0.39, 0.29) is 6.54 Å². The van der Waals surface area contributed by atoms with E-state index in [1.807, 2.05) is 0 Å². The first kappa shape index (κ1) is 8.22. The van der Waals surface area contributed by atoms with Crippen LogP contribution in [-0.4, -0.2) is 25.8 Å². The van der Waals surface area contributed by atoms with E-state index < -0.39 is 5.97 Å². The second kappa shape index (κ2) is 3.16. The molecule has 0 aromatic carbocycles. The minimum absolute atomic E-state index is 0.0289. The summed E-state index contributed by atoms with van der Waals surface area (Å²) in [6, 6.07) is 0. The highest BCUT2D eigenvalue weighted by atomic mass is 16.4. The molecule has 1 fully saturated rings.